The Morgan fingerprint density at radius 1 is 1.10 bits per heavy atom. The van der Waals surface area contributed by atoms with Crippen LogP contribution in [0.4, 0.5) is 28.4 Å². The van der Waals surface area contributed by atoms with E-state index in [2.05, 4.69) is 19.8 Å². The molecule has 0 amide bonds. The van der Waals surface area contributed by atoms with E-state index in [1.165, 1.54) is 6.20 Å². The monoisotopic (exact) mass is 682 g/mol. The molecule has 0 spiro atoms. The quantitative estimate of drug-likeness (QED) is 0.193. The molecule has 2 aliphatic carbocycles. The second kappa shape index (κ2) is 12.3. The van der Waals surface area contributed by atoms with Crippen molar-refractivity contribution < 1.29 is 22.3 Å². The number of likely N-dealkylation sites (N-methyl/N-ethyl adjacent to an activating group) is 2. The van der Waals surface area contributed by atoms with E-state index in [9.17, 15) is 18.4 Å². The minimum atomic E-state index is -1.21. The van der Waals surface area contributed by atoms with Gasteiger partial charge in [0.15, 0.2) is 17.5 Å². The lowest BCUT2D eigenvalue weighted by Gasteiger charge is -2.49. The molecular weight excluding hydrogens is 644 g/mol. The van der Waals surface area contributed by atoms with Crippen LogP contribution in [0.1, 0.15) is 50.5 Å². The molecule has 3 fully saturated rings. The van der Waals surface area contributed by atoms with E-state index in [1.54, 1.807) is 0 Å². The predicted molar refractivity (Wildman–Crippen MR) is 178 cm³/mol. The summed E-state index contributed by atoms with van der Waals surface area (Å²) >= 11 is 0.725. The van der Waals surface area contributed by atoms with Crippen molar-refractivity contribution in [1.82, 2.24) is 24.8 Å². The standard InChI is InChI=1S/C34H38F4N8OS/c1-44(2)34(7-4-8-34)17-45(3)31-22-15-41-27(20-13-23(36)25(37)29-24(20)21(14-39)30(40)48-29)26(38)28(22)42-32(43-31)47-18-33(9-10-33)16-46-11-5-19(35)6-12-46/h13,15,19H,4-12,16-18,40H2,1-3H3. The van der Waals surface area contributed by atoms with Gasteiger partial charge in [-0.1, -0.05) is 0 Å². The van der Waals surface area contributed by atoms with Crippen molar-refractivity contribution in [1.29, 1.82) is 5.26 Å². The second-order valence-corrected chi connectivity index (χ2v) is 15.0. The molecular formula is C34H38F4N8OS. The molecule has 1 aliphatic heterocycles. The zero-order chi connectivity index (χ0) is 34.0. The average molecular weight is 683 g/mol. The number of anilines is 2. The molecule has 1 saturated heterocycles. The number of alkyl halides is 1. The van der Waals surface area contributed by atoms with Crippen molar-refractivity contribution in [2.45, 2.75) is 56.7 Å². The highest BCUT2D eigenvalue weighted by Gasteiger charge is 2.46. The van der Waals surface area contributed by atoms with Crippen LogP contribution in [0.2, 0.25) is 0 Å². The van der Waals surface area contributed by atoms with Crippen LogP contribution in [0, 0.1) is 34.2 Å². The molecule has 4 aromatic rings. The number of thiophene rings is 1. The maximum absolute atomic E-state index is 16.8. The molecule has 254 valence electrons. The Labute approximate surface area is 280 Å². The number of aromatic nitrogens is 3. The van der Waals surface area contributed by atoms with Crippen LogP contribution in [0.15, 0.2) is 12.3 Å². The van der Waals surface area contributed by atoms with Gasteiger partial charge in [-0.05, 0) is 65.1 Å². The summed E-state index contributed by atoms with van der Waals surface area (Å²) in [7, 11) is 5.99. The summed E-state index contributed by atoms with van der Waals surface area (Å²) in [4.78, 5) is 20.1. The van der Waals surface area contributed by atoms with Crippen molar-refractivity contribution >= 4 is 43.1 Å². The molecule has 7 rings (SSSR count). The van der Waals surface area contributed by atoms with Crippen LogP contribution in [-0.2, 0) is 0 Å². The van der Waals surface area contributed by atoms with Crippen LogP contribution in [0.3, 0.4) is 0 Å². The van der Waals surface area contributed by atoms with Gasteiger partial charge in [0.2, 0.25) is 0 Å². The van der Waals surface area contributed by atoms with E-state index in [-0.39, 0.29) is 54.4 Å². The topological polar surface area (TPSA) is 107 Å². The molecule has 14 heteroatoms. The van der Waals surface area contributed by atoms with Crippen molar-refractivity contribution in [2.24, 2.45) is 5.41 Å². The first-order valence-corrected chi connectivity index (χ1v) is 17.1. The number of fused-ring (bicyclic) bond motifs is 2. The molecule has 3 aromatic heterocycles. The zero-order valence-corrected chi connectivity index (χ0v) is 28.1. The minimum Gasteiger partial charge on any atom is -0.463 e. The van der Waals surface area contributed by atoms with Crippen LogP contribution < -0.4 is 15.4 Å². The number of benzene rings is 1. The third-order valence-corrected chi connectivity index (χ3v) is 11.6. The van der Waals surface area contributed by atoms with Gasteiger partial charge in [-0.25, -0.2) is 17.6 Å². The maximum Gasteiger partial charge on any atom is 0.319 e. The fraction of sp³-hybridized carbons (Fsp3) is 0.529. The number of likely N-dealkylation sites (tertiary alicyclic amines) is 1. The third kappa shape index (κ3) is 5.69. The van der Waals surface area contributed by atoms with Gasteiger partial charge >= 0.3 is 6.01 Å². The minimum absolute atomic E-state index is 0.00195. The Bertz CT molecular complexity index is 1930. The molecule has 2 saturated carbocycles. The number of nitrogen functional groups attached to an aromatic ring is 1. The summed E-state index contributed by atoms with van der Waals surface area (Å²) in [6.45, 7) is 3.14. The molecule has 0 bridgehead atoms. The summed E-state index contributed by atoms with van der Waals surface area (Å²) in [6.07, 6.45) is 6.77. The van der Waals surface area contributed by atoms with Crippen molar-refractivity contribution in [3.8, 4) is 23.3 Å². The Kier molecular flexibility index (Phi) is 8.36. The number of nitrogens with two attached hydrogens (primary N) is 1. The lowest BCUT2D eigenvalue weighted by atomic mass is 9.75. The number of ether oxygens (including phenoxy) is 1. The van der Waals surface area contributed by atoms with Gasteiger partial charge in [-0.15, -0.1) is 11.3 Å². The average Bonchev–Trinajstić information content (AvgIpc) is 3.72. The van der Waals surface area contributed by atoms with E-state index < -0.39 is 23.6 Å². The largest absolute Gasteiger partial charge is 0.463 e. The number of nitrogens with zero attached hydrogens (tertiary/aromatic N) is 7. The number of pyridine rings is 1. The van der Waals surface area contributed by atoms with E-state index in [0.717, 1.165) is 56.1 Å². The van der Waals surface area contributed by atoms with Crippen LogP contribution >= 0.6 is 11.3 Å². The van der Waals surface area contributed by atoms with Crippen molar-refractivity contribution in [3.63, 3.8) is 0 Å². The number of piperidine rings is 1. The molecule has 4 heterocycles. The van der Waals surface area contributed by atoms with Crippen molar-refractivity contribution in [2.75, 3.05) is 64.6 Å². The Balaban J connectivity index is 1.30. The number of hydrogen-bond donors (Lipinski definition) is 1. The van der Waals surface area contributed by atoms with Gasteiger partial charge in [0.1, 0.15) is 34.3 Å². The summed E-state index contributed by atoms with van der Waals surface area (Å²) < 4.78 is 66.3. The summed E-state index contributed by atoms with van der Waals surface area (Å²) in [5, 5.41) is 10.1. The van der Waals surface area contributed by atoms with Crippen molar-refractivity contribution in [3.05, 3.63) is 35.3 Å². The predicted octanol–water partition coefficient (Wildman–Crippen LogP) is 6.29. The van der Waals surface area contributed by atoms with Crippen LogP contribution in [0.25, 0.3) is 32.2 Å². The van der Waals surface area contributed by atoms with E-state index >= 15 is 4.39 Å². The third-order valence-electron chi connectivity index (χ3n) is 10.6. The lowest BCUT2D eigenvalue weighted by molar-refractivity contribution is 0.0682. The summed E-state index contributed by atoms with van der Waals surface area (Å²) in [5.41, 5.74) is 5.25. The molecule has 2 N–H and O–H groups in total. The summed E-state index contributed by atoms with van der Waals surface area (Å²) in [5.74, 6) is -2.82. The zero-order valence-electron chi connectivity index (χ0n) is 27.3. The molecule has 0 radical (unpaired) electrons. The van der Waals surface area contributed by atoms with Gasteiger partial charge < -0.3 is 25.2 Å². The lowest BCUT2D eigenvalue weighted by Crippen LogP contribution is -2.56. The van der Waals surface area contributed by atoms with Gasteiger partial charge in [-0.3, -0.25) is 4.98 Å². The Morgan fingerprint density at radius 2 is 1.83 bits per heavy atom. The summed E-state index contributed by atoms with van der Waals surface area (Å²) in [6, 6.07) is 2.78. The Hall–Kier alpha value is -3.80. The first-order chi connectivity index (χ1) is 22.9. The highest BCUT2D eigenvalue weighted by molar-refractivity contribution is 7.23. The SMILES string of the molecule is CN(CC1(N(C)C)CCC1)c1nc(OCC2(CN3CCC(F)CC3)CC2)nc2c(F)c(-c3cc(F)c(F)c4sc(N)c(C#N)c34)ncc12. The number of halogens is 4. The maximum atomic E-state index is 16.8. The van der Waals surface area contributed by atoms with E-state index in [0.29, 0.717) is 50.3 Å². The number of nitriles is 1. The van der Waals surface area contributed by atoms with Gasteiger partial charge in [0.25, 0.3) is 0 Å². The molecule has 3 aliphatic rings. The van der Waals surface area contributed by atoms with E-state index in [4.69, 9.17) is 15.5 Å². The normalized spacial score (nSPS) is 19.1. The second-order valence-electron chi connectivity index (χ2n) is 14.0. The molecule has 9 nitrogen and oxygen atoms in total. The van der Waals surface area contributed by atoms with Crippen LogP contribution in [0.5, 0.6) is 6.01 Å². The first-order valence-electron chi connectivity index (χ1n) is 16.3. The smallest absolute Gasteiger partial charge is 0.319 e. The highest BCUT2D eigenvalue weighted by atomic mass is 32.1. The highest BCUT2D eigenvalue weighted by Crippen LogP contribution is 2.47. The molecule has 48 heavy (non-hydrogen) atoms. The molecule has 0 atom stereocenters. The Morgan fingerprint density at radius 3 is 2.46 bits per heavy atom. The number of rotatable bonds is 10. The van der Waals surface area contributed by atoms with Gasteiger partial charge in [0, 0.05) is 61.3 Å². The van der Waals surface area contributed by atoms with E-state index in [1.807, 2.05) is 32.1 Å². The van der Waals surface area contributed by atoms with Crippen LogP contribution in [-0.4, -0.2) is 90.4 Å². The fourth-order valence-electron chi connectivity index (χ4n) is 7.22. The fourth-order valence-corrected chi connectivity index (χ4v) is 8.19. The number of hydrogen-bond acceptors (Lipinski definition) is 10. The molecule has 1 aromatic carbocycles. The van der Waals surface area contributed by atoms with Gasteiger partial charge in [0.05, 0.1) is 22.3 Å². The molecule has 0 unspecified atom stereocenters. The van der Waals surface area contributed by atoms with Gasteiger partial charge in [-0.2, -0.15) is 15.2 Å². The first kappa shape index (κ1) is 32.7.